The summed E-state index contributed by atoms with van der Waals surface area (Å²) in [5, 5.41) is 9.85. The first-order valence-corrected chi connectivity index (χ1v) is 4.89. The van der Waals surface area contributed by atoms with Crippen LogP contribution < -0.4 is 0 Å². The number of hydrogen-bond acceptors (Lipinski definition) is 3. The van der Waals surface area contributed by atoms with Crippen molar-refractivity contribution in [2.75, 3.05) is 0 Å². The molecule has 0 aliphatic rings. The van der Waals surface area contributed by atoms with Crippen LogP contribution in [-0.4, -0.2) is 10.2 Å². The molecule has 4 nitrogen and oxygen atoms in total. The third-order valence-corrected chi connectivity index (χ3v) is 1.65. The molecule has 0 bridgehead atoms. The van der Waals surface area contributed by atoms with E-state index in [4.69, 9.17) is 11.6 Å². The monoisotopic (exact) mass is 229 g/mol. The topological polar surface area (TPSA) is 60.2 Å². The van der Waals surface area contributed by atoms with Crippen LogP contribution in [0.3, 0.4) is 0 Å². The average Bonchev–Trinajstić information content (AvgIpc) is 2.20. The molecule has 0 fully saturated rings. The molecule has 0 heterocycles. The zero-order valence-electron chi connectivity index (χ0n) is 8.57. The van der Waals surface area contributed by atoms with Crippen LogP contribution in [-0.2, 0) is 11.2 Å². The Balaban J connectivity index is 0.000000921. The lowest BCUT2D eigenvalue weighted by atomic mass is 10.1. The number of rotatable bonds is 3. The SMILES string of the molecule is CC.O=C(Cl)Cc1ccccc1[N+](=O)[O-]. The van der Waals surface area contributed by atoms with Gasteiger partial charge in [-0.3, -0.25) is 14.9 Å². The van der Waals surface area contributed by atoms with Crippen LogP contribution in [0, 0.1) is 10.1 Å². The first-order chi connectivity index (χ1) is 7.11. The molecule has 1 rings (SSSR count). The highest BCUT2D eigenvalue weighted by Gasteiger charge is 2.13. The lowest BCUT2D eigenvalue weighted by molar-refractivity contribution is -0.385. The van der Waals surface area contributed by atoms with Gasteiger partial charge in [0.05, 0.1) is 11.3 Å². The van der Waals surface area contributed by atoms with Gasteiger partial charge >= 0.3 is 0 Å². The van der Waals surface area contributed by atoms with Crippen LogP contribution in [0.15, 0.2) is 24.3 Å². The minimum atomic E-state index is -0.602. The maximum atomic E-state index is 10.5. The fraction of sp³-hybridized carbons (Fsp3) is 0.300. The Kier molecular flexibility index (Phi) is 6.29. The molecular weight excluding hydrogens is 218 g/mol. The third-order valence-electron chi connectivity index (χ3n) is 1.52. The van der Waals surface area contributed by atoms with E-state index in [1.165, 1.54) is 12.1 Å². The molecule has 0 amide bonds. The lowest BCUT2D eigenvalue weighted by Gasteiger charge is -1.97. The van der Waals surface area contributed by atoms with E-state index < -0.39 is 10.2 Å². The Labute approximate surface area is 93.0 Å². The molecule has 1 aromatic carbocycles. The van der Waals surface area contributed by atoms with Crippen molar-refractivity contribution in [1.82, 2.24) is 0 Å². The third kappa shape index (κ3) is 4.56. The van der Waals surface area contributed by atoms with Crippen LogP contribution in [0.25, 0.3) is 0 Å². The van der Waals surface area contributed by atoms with E-state index in [0.29, 0.717) is 5.56 Å². The molecule has 0 atom stereocenters. The first-order valence-electron chi connectivity index (χ1n) is 4.52. The Bertz CT molecular complexity index is 352. The van der Waals surface area contributed by atoms with Crippen molar-refractivity contribution in [3.05, 3.63) is 39.9 Å². The fourth-order valence-corrected chi connectivity index (χ4v) is 1.13. The summed E-state index contributed by atoms with van der Waals surface area (Å²) in [5.41, 5.74) is 0.268. The maximum Gasteiger partial charge on any atom is 0.273 e. The van der Waals surface area contributed by atoms with Gasteiger partial charge in [-0.1, -0.05) is 32.0 Å². The van der Waals surface area contributed by atoms with Gasteiger partial charge in [-0.25, -0.2) is 0 Å². The van der Waals surface area contributed by atoms with Crippen molar-refractivity contribution >= 4 is 22.5 Å². The second-order valence-electron chi connectivity index (χ2n) is 2.42. The molecule has 0 spiro atoms. The molecule has 0 aromatic heterocycles. The van der Waals surface area contributed by atoms with E-state index in [-0.39, 0.29) is 12.1 Å². The summed E-state index contributed by atoms with van der Waals surface area (Å²) in [4.78, 5) is 20.5. The van der Waals surface area contributed by atoms with Crippen molar-refractivity contribution in [3.63, 3.8) is 0 Å². The standard InChI is InChI=1S/C8H6ClNO3.C2H6/c9-8(11)5-6-3-1-2-4-7(6)10(12)13;1-2/h1-4H,5H2;1-2H3. The first kappa shape index (κ1) is 13.6. The average molecular weight is 230 g/mol. The van der Waals surface area contributed by atoms with Crippen LogP contribution in [0.2, 0.25) is 0 Å². The number of nitro groups is 1. The van der Waals surface area contributed by atoms with Gasteiger partial charge in [-0.05, 0) is 11.6 Å². The lowest BCUT2D eigenvalue weighted by Crippen LogP contribution is -1.99. The van der Waals surface area contributed by atoms with Gasteiger partial charge < -0.3 is 0 Å². The normalized spacial score (nSPS) is 8.73. The number of nitro benzene ring substituents is 1. The summed E-state index contributed by atoms with van der Waals surface area (Å²) in [5.74, 6) is 0. The number of nitrogens with zero attached hydrogens (tertiary/aromatic N) is 1. The zero-order valence-corrected chi connectivity index (χ0v) is 9.32. The predicted molar refractivity (Wildman–Crippen MR) is 59.0 cm³/mol. The Morgan fingerprint density at radius 3 is 2.40 bits per heavy atom. The molecule has 5 heteroatoms. The summed E-state index contributed by atoms with van der Waals surface area (Å²) >= 11 is 5.13. The molecule has 15 heavy (non-hydrogen) atoms. The fourth-order valence-electron chi connectivity index (χ4n) is 0.988. The second kappa shape index (κ2) is 6.95. The Hall–Kier alpha value is -1.42. The van der Waals surface area contributed by atoms with Crippen molar-refractivity contribution in [1.29, 1.82) is 0 Å². The van der Waals surface area contributed by atoms with Gasteiger partial charge in [0.15, 0.2) is 0 Å². The van der Waals surface area contributed by atoms with Crippen molar-refractivity contribution < 1.29 is 9.72 Å². The Morgan fingerprint density at radius 1 is 1.40 bits per heavy atom. The summed E-state index contributed by atoms with van der Waals surface area (Å²) in [6, 6.07) is 6.02. The van der Waals surface area contributed by atoms with Gasteiger partial charge in [0.1, 0.15) is 0 Å². The molecule has 0 radical (unpaired) electrons. The number of hydrogen-bond donors (Lipinski definition) is 0. The van der Waals surface area contributed by atoms with E-state index in [2.05, 4.69) is 0 Å². The largest absolute Gasteiger partial charge is 0.281 e. The van der Waals surface area contributed by atoms with Gasteiger partial charge in [-0.15, -0.1) is 0 Å². The van der Waals surface area contributed by atoms with Crippen LogP contribution in [0.4, 0.5) is 5.69 Å². The minimum Gasteiger partial charge on any atom is -0.281 e. The van der Waals surface area contributed by atoms with Crippen LogP contribution in [0.1, 0.15) is 19.4 Å². The minimum absolute atomic E-state index is 0.0727. The summed E-state index contributed by atoms with van der Waals surface area (Å²) in [6.45, 7) is 4.00. The number of carbonyl (C=O) groups excluding carboxylic acids is 1. The number of carbonyl (C=O) groups is 1. The highest BCUT2D eigenvalue weighted by Crippen LogP contribution is 2.18. The zero-order chi connectivity index (χ0) is 11.8. The molecule has 0 aliphatic carbocycles. The predicted octanol–water partition coefficient (Wildman–Crippen LogP) is 2.93. The number of benzene rings is 1. The van der Waals surface area contributed by atoms with Crippen LogP contribution in [0.5, 0.6) is 0 Å². The molecule has 0 saturated heterocycles. The van der Waals surface area contributed by atoms with Gasteiger partial charge in [0.2, 0.25) is 5.24 Å². The van der Waals surface area contributed by atoms with Gasteiger partial charge in [0, 0.05) is 11.6 Å². The summed E-state index contributed by atoms with van der Waals surface area (Å²) in [6.07, 6.45) is -0.112. The molecule has 0 N–H and O–H groups in total. The molecular formula is C10H12ClNO3. The molecule has 0 aliphatic heterocycles. The number of halogens is 1. The molecule has 0 unspecified atom stereocenters. The van der Waals surface area contributed by atoms with E-state index in [1.807, 2.05) is 13.8 Å². The highest BCUT2D eigenvalue weighted by molar-refractivity contribution is 6.63. The molecule has 1 aromatic rings. The summed E-state index contributed by atoms with van der Waals surface area (Å²) in [7, 11) is 0. The molecule has 0 saturated carbocycles. The van der Waals surface area contributed by atoms with Gasteiger partial charge in [-0.2, -0.15) is 0 Å². The van der Waals surface area contributed by atoms with Gasteiger partial charge in [0.25, 0.3) is 5.69 Å². The second-order valence-corrected chi connectivity index (χ2v) is 2.84. The quantitative estimate of drug-likeness (QED) is 0.455. The Morgan fingerprint density at radius 2 is 1.93 bits per heavy atom. The van der Waals surface area contributed by atoms with E-state index in [1.54, 1.807) is 12.1 Å². The van der Waals surface area contributed by atoms with Crippen LogP contribution >= 0.6 is 11.6 Å². The molecule has 82 valence electrons. The maximum absolute atomic E-state index is 10.5. The van der Waals surface area contributed by atoms with E-state index in [9.17, 15) is 14.9 Å². The summed E-state index contributed by atoms with van der Waals surface area (Å²) < 4.78 is 0. The number of para-hydroxylation sites is 1. The smallest absolute Gasteiger partial charge is 0.273 e. The van der Waals surface area contributed by atoms with Crippen molar-refractivity contribution in [2.24, 2.45) is 0 Å². The van der Waals surface area contributed by atoms with E-state index >= 15 is 0 Å². The van der Waals surface area contributed by atoms with Crippen molar-refractivity contribution in [3.8, 4) is 0 Å². The van der Waals surface area contributed by atoms with E-state index in [0.717, 1.165) is 0 Å². The highest BCUT2D eigenvalue weighted by atomic mass is 35.5. The van der Waals surface area contributed by atoms with Crippen molar-refractivity contribution in [2.45, 2.75) is 20.3 Å².